The molecular formula is C11H10NO5S-. The highest BCUT2D eigenvalue weighted by Gasteiger charge is 2.34. The summed E-state index contributed by atoms with van der Waals surface area (Å²) >= 11 is 0. The fourth-order valence-corrected chi connectivity index (χ4v) is 3.12. The Morgan fingerprint density at radius 3 is 2.72 bits per heavy atom. The number of carboxylic acid groups (broad SMARTS) is 1. The van der Waals surface area contributed by atoms with Crippen molar-refractivity contribution in [2.75, 3.05) is 6.98 Å². The normalized spacial score (nSPS) is 20.7. The molecule has 6 nitrogen and oxygen atoms in total. The van der Waals surface area contributed by atoms with E-state index in [1.807, 2.05) is 0 Å². The van der Waals surface area contributed by atoms with Crippen LogP contribution in [0.4, 0.5) is 0 Å². The molecule has 0 saturated carbocycles. The van der Waals surface area contributed by atoms with E-state index in [-0.39, 0.29) is 15.4 Å². The van der Waals surface area contributed by atoms with Crippen molar-refractivity contribution < 1.29 is 27.5 Å². The van der Waals surface area contributed by atoms with E-state index in [9.17, 15) is 18.3 Å². The highest BCUT2D eigenvalue weighted by atomic mass is 32.2. The third kappa shape index (κ3) is 1.47. The molecule has 0 unspecified atom stereocenters. The van der Waals surface area contributed by atoms with Crippen LogP contribution < -0.4 is 5.11 Å². The zero-order valence-electron chi connectivity index (χ0n) is 12.2. The highest BCUT2D eigenvalue weighted by molar-refractivity contribution is 7.89. The predicted molar refractivity (Wildman–Crippen MR) is 60.7 cm³/mol. The summed E-state index contributed by atoms with van der Waals surface area (Å²) in [5.74, 6) is -3.05. The monoisotopic (exact) mass is 271 g/mol. The average molecular weight is 271 g/mol. The number of likely N-dealkylation sites (N-methyl/N-ethyl adjacent to an activating group) is 1. The quantitative estimate of drug-likeness (QED) is 0.759. The summed E-state index contributed by atoms with van der Waals surface area (Å²) < 4.78 is 46.2. The second-order valence-corrected chi connectivity index (χ2v) is 5.46. The summed E-state index contributed by atoms with van der Waals surface area (Å²) in [4.78, 5) is 10.7. The second-order valence-electron chi connectivity index (χ2n) is 3.70. The van der Waals surface area contributed by atoms with Gasteiger partial charge in [-0.3, -0.25) is 4.31 Å². The Bertz CT molecular complexity index is 767. The number of carboxylic acids is 1. The lowest BCUT2D eigenvalue weighted by Gasteiger charge is -2.33. The predicted octanol–water partition coefficient (Wildman–Crippen LogP) is -0.257. The molecule has 0 spiro atoms. The maximum atomic E-state index is 12.4. The topological polar surface area (TPSA) is 97.7 Å². The second kappa shape index (κ2) is 3.74. The molecule has 1 aromatic carbocycles. The van der Waals surface area contributed by atoms with Crippen LogP contribution in [0.3, 0.4) is 0 Å². The number of aryl methyl sites for hydroxylation is 1. The maximum absolute atomic E-state index is 12.4. The van der Waals surface area contributed by atoms with Crippen LogP contribution in [0, 0.1) is 6.92 Å². The Morgan fingerprint density at radius 2 is 2.17 bits per heavy atom. The first kappa shape index (κ1) is 8.98. The van der Waals surface area contributed by atoms with Crippen LogP contribution in [0.2, 0.25) is 0 Å². The molecule has 0 aromatic heterocycles. The van der Waals surface area contributed by atoms with Gasteiger partial charge in [-0.05, 0) is 24.1 Å². The van der Waals surface area contributed by atoms with Crippen molar-refractivity contribution in [3.05, 3.63) is 35.0 Å². The molecule has 0 saturated heterocycles. The van der Waals surface area contributed by atoms with Gasteiger partial charge in [-0.2, -0.15) is 0 Å². The van der Waals surface area contributed by atoms with Gasteiger partial charge in [0, 0.05) is 11.1 Å². The molecule has 7 heteroatoms. The van der Waals surface area contributed by atoms with Crippen molar-refractivity contribution in [1.29, 1.82) is 0 Å². The lowest BCUT2D eigenvalue weighted by molar-refractivity contribution is -0.246. The molecule has 1 aliphatic heterocycles. The Hall–Kier alpha value is -2.02. The van der Waals surface area contributed by atoms with Gasteiger partial charge in [-0.1, -0.05) is 17.9 Å². The molecule has 1 heterocycles. The van der Waals surface area contributed by atoms with Crippen LogP contribution in [0.15, 0.2) is 28.8 Å². The van der Waals surface area contributed by atoms with Crippen molar-refractivity contribution in [2.45, 2.75) is 11.8 Å². The van der Waals surface area contributed by atoms with Crippen LogP contribution in [-0.4, -0.2) is 30.8 Å². The summed E-state index contributed by atoms with van der Waals surface area (Å²) in [6, 6.07) is 3.87. The van der Waals surface area contributed by atoms with E-state index in [0.29, 0.717) is 0 Å². The lowest BCUT2D eigenvalue weighted by atomic mass is 10.1. The van der Waals surface area contributed by atoms with E-state index in [1.165, 1.54) is 19.1 Å². The first-order chi connectivity index (χ1) is 9.49. The van der Waals surface area contributed by atoms with Crippen molar-refractivity contribution in [1.82, 2.24) is 4.31 Å². The van der Waals surface area contributed by atoms with E-state index in [1.54, 1.807) is 0 Å². The molecule has 2 rings (SSSR count). The van der Waals surface area contributed by atoms with Gasteiger partial charge in [0.25, 0.3) is 10.0 Å². The molecule has 96 valence electrons. The summed E-state index contributed by atoms with van der Waals surface area (Å²) in [5.41, 5.74) is -1.35. The number of hydrogen-bond acceptors (Lipinski definition) is 4. The van der Waals surface area contributed by atoms with Crippen LogP contribution in [0.1, 0.15) is 15.2 Å². The number of fused-ring (bicyclic) bond motifs is 1. The van der Waals surface area contributed by atoms with E-state index in [4.69, 9.17) is 9.22 Å². The van der Waals surface area contributed by atoms with Gasteiger partial charge in [0.05, 0.1) is 4.90 Å². The fourth-order valence-electron chi connectivity index (χ4n) is 1.76. The average Bonchev–Trinajstić information content (AvgIpc) is 2.31. The van der Waals surface area contributed by atoms with E-state index in [2.05, 4.69) is 0 Å². The fraction of sp³-hybridized carbons (Fsp3) is 0.182. The van der Waals surface area contributed by atoms with Gasteiger partial charge < -0.3 is 10.2 Å². The zero-order chi connectivity index (χ0) is 16.2. The standard InChI is InChI=1S/C11H11NO5S/c1-6-4-3-5-7-8(6)10(13)9(11(14)15)12(2)18(7,16)17/h3-5,13H,1-2H3,(H,14,15)/p-1/i2D3. The van der Waals surface area contributed by atoms with Crippen LogP contribution in [-0.2, 0) is 14.8 Å². The summed E-state index contributed by atoms with van der Waals surface area (Å²) in [6.07, 6.45) is 0. The van der Waals surface area contributed by atoms with Gasteiger partial charge in [-0.25, -0.2) is 13.2 Å². The van der Waals surface area contributed by atoms with Crippen LogP contribution >= 0.6 is 0 Å². The van der Waals surface area contributed by atoms with Crippen LogP contribution in [0.5, 0.6) is 0 Å². The molecule has 1 aromatic rings. The van der Waals surface area contributed by atoms with Gasteiger partial charge in [0.15, 0.2) is 0 Å². The van der Waals surface area contributed by atoms with Crippen molar-refractivity contribution in [3.63, 3.8) is 0 Å². The minimum Gasteiger partial charge on any atom is -0.870 e. The molecular weight excluding hydrogens is 258 g/mol. The molecule has 0 amide bonds. The molecule has 0 atom stereocenters. The number of carbonyl (C=O) groups is 1. The van der Waals surface area contributed by atoms with Gasteiger partial charge >= 0.3 is 5.97 Å². The van der Waals surface area contributed by atoms with Gasteiger partial charge in [0.2, 0.25) is 0 Å². The minimum absolute atomic E-state index is 0.255. The first-order valence-corrected chi connectivity index (χ1v) is 6.23. The molecule has 1 N–H and O–H groups in total. The smallest absolute Gasteiger partial charge is 0.352 e. The highest BCUT2D eigenvalue weighted by Crippen LogP contribution is 2.34. The van der Waals surface area contributed by atoms with E-state index in [0.717, 1.165) is 6.07 Å². The minimum atomic E-state index is -4.66. The van der Waals surface area contributed by atoms with E-state index < -0.39 is 39.3 Å². The summed E-state index contributed by atoms with van der Waals surface area (Å²) in [5, 5.41) is 21.3. The first-order valence-electron chi connectivity index (χ1n) is 6.29. The Labute approximate surface area is 108 Å². The zero-order valence-corrected chi connectivity index (χ0v) is 9.98. The number of aliphatic carboxylic acids is 1. The Kier molecular flexibility index (Phi) is 1.87. The molecule has 18 heavy (non-hydrogen) atoms. The van der Waals surface area contributed by atoms with Crippen LogP contribution in [0.25, 0.3) is 5.76 Å². The third-order valence-corrected chi connectivity index (χ3v) is 4.16. The molecule has 1 aliphatic rings. The number of sulfonamides is 1. The Balaban J connectivity index is 2.98. The molecule has 0 radical (unpaired) electrons. The largest absolute Gasteiger partial charge is 0.870 e. The van der Waals surface area contributed by atoms with Crippen molar-refractivity contribution in [2.24, 2.45) is 0 Å². The number of benzene rings is 1. The van der Waals surface area contributed by atoms with Crippen molar-refractivity contribution >= 4 is 21.8 Å². The maximum Gasteiger partial charge on any atom is 0.352 e. The van der Waals surface area contributed by atoms with Gasteiger partial charge in [-0.15, -0.1) is 0 Å². The number of rotatable bonds is 1. The SMILES string of the molecule is [2H]C([2H])([2H])N1C(C(=O)O)=C([O-])c2c(C)cccc2S1(=O)=O. The Morgan fingerprint density at radius 1 is 1.50 bits per heavy atom. The van der Waals surface area contributed by atoms with Crippen molar-refractivity contribution in [3.8, 4) is 0 Å². The summed E-state index contributed by atoms with van der Waals surface area (Å²) in [7, 11) is -4.66. The third-order valence-electron chi connectivity index (χ3n) is 2.60. The summed E-state index contributed by atoms with van der Waals surface area (Å²) in [6.45, 7) is -1.87. The molecule has 0 bridgehead atoms. The number of nitrogens with zero attached hydrogens (tertiary/aromatic N) is 1. The van der Waals surface area contributed by atoms with Gasteiger partial charge in [0.1, 0.15) is 5.70 Å². The molecule has 0 fully saturated rings. The van der Waals surface area contributed by atoms with E-state index >= 15 is 0 Å². The number of hydrogen-bond donors (Lipinski definition) is 1. The molecule has 0 aliphatic carbocycles. The lowest BCUT2D eigenvalue weighted by Crippen LogP contribution is -2.37.